The van der Waals surface area contributed by atoms with Crippen LogP contribution in [-0.2, 0) is 16.5 Å². The molecule has 1 rings (SSSR count). The van der Waals surface area contributed by atoms with Crippen molar-refractivity contribution in [2.45, 2.75) is 26.6 Å². The summed E-state index contributed by atoms with van der Waals surface area (Å²) in [6, 6.07) is 1.69. The summed E-state index contributed by atoms with van der Waals surface area (Å²) in [6.45, 7) is 4.81. The molecule has 90 valence electrons. The summed E-state index contributed by atoms with van der Waals surface area (Å²) < 4.78 is 12.2. The molecule has 0 N–H and O–H groups in total. The molecule has 0 saturated heterocycles. The minimum atomic E-state index is -0.461. The Morgan fingerprint density at radius 3 is 2.50 bits per heavy atom. The Morgan fingerprint density at radius 1 is 1.44 bits per heavy atom. The quantitative estimate of drug-likeness (QED) is 0.521. The van der Waals surface area contributed by atoms with E-state index in [1.165, 1.54) is 0 Å². The number of Topliss-reactive ketones (excluding diaryl/α,β-unsaturated/α-hetero) is 1. The molecule has 0 atom stereocenters. The van der Waals surface area contributed by atoms with Crippen LogP contribution in [0.2, 0.25) is 0 Å². The van der Waals surface area contributed by atoms with Gasteiger partial charge in [-0.3, -0.25) is 9.48 Å². The molecular weight excluding hydrogens is 208 g/mol. The smallest absolute Gasteiger partial charge is 0.185 e. The van der Waals surface area contributed by atoms with E-state index in [-0.39, 0.29) is 12.2 Å². The second kappa shape index (κ2) is 6.40. The fourth-order valence-corrected chi connectivity index (χ4v) is 1.44. The molecule has 1 heterocycles. The van der Waals surface area contributed by atoms with E-state index >= 15 is 0 Å². The maximum absolute atomic E-state index is 11.9. The number of hydrogen-bond donors (Lipinski definition) is 0. The number of ether oxygens (including phenoxy) is 2. The van der Waals surface area contributed by atoms with Crippen LogP contribution in [0, 0.1) is 0 Å². The van der Waals surface area contributed by atoms with E-state index in [0.29, 0.717) is 18.9 Å². The van der Waals surface area contributed by atoms with Gasteiger partial charge in [0.15, 0.2) is 12.1 Å². The summed E-state index contributed by atoms with van der Waals surface area (Å²) in [5, 5.41) is 3.95. The predicted octanol–water partition coefficient (Wildman–Crippen LogP) is 1.39. The molecule has 0 aliphatic heterocycles. The highest BCUT2D eigenvalue weighted by Gasteiger charge is 2.17. The minimum Gasteiger partial charge on any atom is -0.352 e. The molecule has 0 aliphatic rings. The van der Waals surface area contributed by atoms with Crippen molar-refractivity contribution in [1.82, 2.24) is 9.78 Å². The summed E-state index contributed by atoms with van der Waals surface area (Å²) in [4.78, 5) is 11.9. The van der Waals surface area contributed by atoms with Crippen LogP contribution in [0.4, 0.5) is 0 Å². The molecule has 0 unspecified atom stereocenters. The maximum Gasteiger partial charge on any atom is 0.185 e. The monoisotopic (exact) mass is 226 g/mol. The Kier molecular flexibility index (Phi) is 5.14. The Balaban J connectivity index is 2.58. The van der Waals surface area contributed by atoms with E-state index in [9.17, 15) is 4.79 Å². The predicted molar refractivity (Wildman–Crippen MR) is 59.2 cm³/mol. The number of carbonyl (C=O) groups excluding carboxylic acids is 1. The highest BCUT2D eigenvalue weighted by atomic mass is 16.7. The summed E-state index contributed by atoms with van der Waals surface area (Å²) in [6.07, 6.45) is 1.36. The average molecular weight is 226 g/mol. The van der Waals surface area contributed by atoms with Crippen LogP contribution >= 0.6 is 0 Å². The molecule has 5 heteroatoms. The van der Waals surface area contributed by atoms with E-state index in [1.54, 1.807) is 24.0 Å². The second-order valence-electron chi connectivity index (χ2n) is 3.31. The number of carbonyl (C=O) groups is 1. The summed E-state index contributed by atoms with van der Waals surface area (Å²) in [7, 11) is 1.74. The first-order valence-electron chi connectivity index (χ1n) is 5.43. The molecule has 16 heavy (non-hydrogen) atoms. The molecular formula is C11H18N2O3. The molecule has 0 bridgehead atoms. The molecule has 0 spiro atoms. The van der Waals surface area contributed by atoms with Gasteiger partial charge in [-0.2, -0.15) is 5.10 Å². The van der Waals surface area contributed by atoms with Crippen LogP contribution in [0.5, 0.6) is 0 Å². The third-order valence-electron chi connectivity index (χ3n) is 2.16. The zero-order valence-corrected chi connectivity index (χ0v) is 9.97. The molecule has 0 amide bonds. The van der Waals surface area contributed by atoms with Crippen molar-refractivity contribution in [3.8, 4) is 0 Å². The highest BCUT2D eigenvalue weighted by Crippen LogP contribution is 2.08. The lowest BCUT2D eigenvalue weighted by molar-refractivity contribution is -0.133. The zero-order chi connectivity index (χ0) is 12.0. The molecule has 0 saturated carbocycles. The van der Waals surface area contributed by atoms with Gasteiger partial charge in [0, 0.05) is 26.5 Å². The highest BCUT2D eigenvalue weighted by molar-refractivity contribution is 5.94. The third kappa shape index (κ3) is 3.43. The van der Waals surface area contributed by atoms with Crippen molar-refractivity contribution in [2.24, 2.45) is 7.05 Å². The Hall–Kier alpha value is -1.20. The van der Waals surface area contributed by atoms with E-state index < -0.39 is 6.29 Å². The second-order valence-corrected chi connectivity index (χ2v) is 3.31. The average Bonchev–Trinajstić information content (AvgIpc) is 2.65. The lowest BCUT2D eigenvalue weighted by atomic mass is 10.2. The maximum atomic E-state index is 11.9. The third-order valence-corrected chi connectivity index (χ3v) is 2.16. The van der Waals surface area contributed by atoms with Crippen molar-refractivity contribution >= 4 is 5.78 Å². The molecule has 0 aliphatic carbocycles. The van der Waals surface area contributed by atoms with Crippen molar-refractivity contribution in [3.05, 3.63) is 18.0 Å². The molecule has 1 aromatic heterocycles. The zero-order valence-electron chi connectivity index (χ0n) is 9.97. The van der Waals surface area contributed by atoms with Crippen LogP contribution < -0.4 is 0 Å². The van der Waals surface area contributed by atoms with Gasteiger partial charge >= 0.3 is 0 Å². The molecule has 0 fully saturated rings. The number of nitrogens with zero attached hydrogens (tertiary/aromatic N) is 2. The van der Waals surface area contributed by atoms with Gasteiger partial charge in [0.2, 0.25) is 0 Å². The van der Waals surface area contributed by atoms with Crippen LogP contribution in [-0.4, -0.2) is 35.1 Å². The molecule has 5 nitrogen and oxygen atoms in total. The number of aromatic nitrogens is 2. The molecule has 1 aromatic rings. The van der Waals surface area contributed by atoms with Gasteiger partial charge in [-0.05, 0) is 19.9 Å². The summed E-state index contributed by atoms with van der Waals surface area (Å²) in [5.74, 6) is -0.0214. The number of aryl methyl sites for hydroxylation is 1. The van der Waals surface area contributed by atoms with E-state index in [2.05, 4.69) is 5.10 Å². The first-order chi connectivity index (χ1) is 7.69. The Morgan fingerprint density at radius 2 is 2.06 bits per heavy atom. The lowest BCUT2D eigenvalue weighted by Crippen LogP contribution is -2.22. The van der Waals surface area contributed by atoms with Gasteiger partial charge in [0.25, 0.3) is 0 Å². The topological polar surface area (TPSA) is 53.3 Å². The Bertz CT molecular complexity index is 330. The first kappa shape index (κ1) is 12.9. The first-order valence-corrected chi connectivity index (χ1v) is 5.43. The van der Waals surface area contributed by atoms with Crippen molar-refractivity contribution in [1.29, 1.82) is 0 Å². The fraction of sp³-hybridized carbons (Fsp3) is 0.636. The van der Waals surface area contributed by atoms with Gasteiger partial charge in [-0.15, -0.1) is 0 Å². The number of hydrogen-bond acceptors (Lipinski definition) is 4. The van der Waals surface area contributed by atoms with Gasteiger partial charge in [-0.1, -0.05) is 0 Å². The standard InChI is InChI=1S/C11H18N2O3/c1-4-15-11(16-5-2)8-10(14)9-6-7-12-13(9)3/h6-7,11H,4-5,8H2,1-3H3. The Labute approximate surface area is 95.3 Å². The largest absolute Gasteiger partial charge is 0.352 e. The summed E-state index contributed by atoms with van der Waals surface area (Å²) in [5.41, 5.74) is 0.574. The van der Waals surface area contributed by atoms with Gasteiger partial charge in [0.1, 0.15) is 5.69 Å². The van der Waals surface area contributed by atoms with E-state index in [4.69, 9.17) is 9.47 Å². The normalized spacial score (nSPS) is 11.0. The van der Waals surface area contributed by atoms with E-state index in [0.717, 1.165) is 0 Å². The molecule has 0 aromatic carbocycles. The van der Waals surface area contributed by atoms with Crippen LogP contribution in [0.3, 0.4) is 0 Å². The van der Waals surface area contributed by atoms with Crippen LogP contribution in [0.25, 0.3) is 0 Å². The van der Waals surface area contributed by atoms with E-state index in [1.807, 2.05) is 13.8 Å². The van der Waals surface area contributed by atoms with Gasteiger partial charge in [0.05, 0.1) is 6.42 Å². The molecule has 0 radical (unpaired) electrons. The fourth-order valence-electron chi connectivity index (χ4n) is 1.44. The minimum absolute atomic E-state index is 0.0214. The van der Waals surface area contributed by atoms with Crippen molar-refractivity contribution in [3.63, 3.8) is 0 Å². The van der Waals surface area contributed by atoms with Gasteiger partial charge in [-0.25, -0.2) is 0 Å². The number of rotatable bonds is 7. The lowest BCUT2D eigenvalue weighted by Gasteiger charge is -2.15. The van der Waals surface area contributed by atoms with Gasteiger partial charge < -0.3 is 9.47 Å². The number of ketones is 1. The van der Waals surface area contributed by atoms with Crippen molar-refractivity contribution < 1.29 is 14.3 Å². The SMILES string of the molecule is CCOC(CC(=O)c1ccnn1C)OCC. The summed E-state index contributed by atoms with van der Waals surface area (Å²) >= 11 is 0. The van der Waals surface area contributed by atoms with Crippen LogP contribution in [0.15, 0.2) is 12.3 Å². The van der Waals surface area contributed by atoms with Crippen LogP contribution in [0.1, 0.15) is 30.8 Å². The van der Waals surface area contributed by atoms with Crippen molar-refractivity contribution in [2.75, 3.05) is 13.2 Å².